The van der Waals surface area contributed by atoms with Crippen LogP contribution in [0.25, 0.3) is 0 Å². The average molecular weight is 462 g/mol. The zero-order valence-electron chi connectivity index (χ0n) is 18.6. The monoisotopic (exact) mass is 461 g/mol. The maximum absolute atomic E-state index is 11.4. The van der Waals surface area contributed by atoms with Gasteiger partial charge in [0, 0.05) is 36.0 Å². The number of aromatic hydroxyl groups is 1. The van der Waals surface area contributed by atoms with E-state index in [2.05, 4.69) is 11.6 Å². The molecule has 0 saturated carbocycles. The van der Waals surface area contributed by atoms with E-state index in [1.165, 1.54) is 12.1 Å². The summed E-state index contributed by atoms with van der Waals surface area (Å²) < 4.78 is 5.85. The third-order valence-electron chi connectivity index (χ3n) is 4.84. The lowest BCUT2D eigenvalue weighted by molar-refractivity contribution is -0.135. The molecule has 0 aliphatic rings. The van der Waals surface area contributed by atoms with Gasteiger partial charge in [-0.05, 0) is 42.0 Å². The van der Waals surface area contributed by atoms with Gasteiger partial charge in [0.15, 0.2) is 0 Å². The molecule has 0 atom stereocenters. The molecule has 0 aromatic heterocycles. The van der Waals surface area contributed by atoms with Gasteiger partial charge in [0.25, 0.3) is 0 Å². The van der Waals surface area contributed by atoms with E-state index in [1.54, 1.807) is 17.0 Å². The van der Waals surface area contributed by atoms with E-state index in [4.69, 9.17) is 15.5 Å². The van der Waals surface area contributed by atoms with Crippen LogP contribution < -0.4 is 15.5 Å². The van der Waals surface area contributed by atoms with Gasteiger partial charge in [0.1, 0.15) is 18.0 Å². The molecule has 0 fully saturated rings. The summed E-state index contributed by atoms with van der Waals surface area (Å²) in [6, 6.07) is 23.2. The molecular weight excluding hydrogens is 434 g/mol. The highest BCUT2D eigenvalue weighted by Crippen LogP contribution is 2.23. The summed E-state index contributed by atoms with van der Waals surface area (Å²) >= 11 is 0. The maximum Gasteiger partial charge on any atom is 0.323 e. The Balaban J connectivity index is 1.61. The lowest BCUT2D eigenvalue weighted by Crippen LogP contribution is -2.29. The molecule has 0 unspecified atom stereocenters. The van der Waals surface area contributed by atoms with Crippen LogP contribution in [-0.4, -0.2) is 35.2 Å². The molecule has 3 aromatic carbocycles. The van der Waals surface area contributed by atoms with Gasteiger partial charge >= 0.3 is 5.97 Å². The van der Waals surface area contributed by atoms with Gasteiger partial charge in [-0.1, -0.05) is 43.0 Å². The first-order valence-corrected chi connectivity index (χ1v) is 10.6. The number of aliphatic carboxylic acids is 1. The number of hydrogen-bond donors (Lipinski definition) is 3. The first-order chi connectivity index (χ1) is 16.4. The molecule has 0 spiro atoms. The molecule has 0 saturated heterocycles. The summed E-state index contributed by atoms with van der Waals surface area (Å²) in [6.45, 7) is 4.40. The number of nitrogens with zero attached hydrogens (tertiary/aromatic N) is 2. The van der Waals surface area contributed by atoms with Crippen LogP contribution in [0.15, 0.2) is 96.1 Å². The van der Waals surface area contributed by atoms with Crippen LogP contribution in [0.1, 0.15) is 17.5 Å². The number of aliphatic imine (C=N–C) groups is 1. The number of rotatable bonds is 11. The summed E-state index contributed by atoms with van der Waals surface area (Å²) in [4.78, 5) is 22.2. The van der Waals surface area contributed by atoms with E-state index < -0.39 is 5.97 Å². The Kier molecular flexibility index (Phi) is 8.65. The number of benzene rings is 3. The lowest BCUT2D eigenvalue weighted by atomic mass is 10.1. The highest BCUT2D eigenvalue weighted by Gasteiger charge is 2.13. The molecule has 0 aliphatic heterocycles. The van der Waals surface area contributed by atoms with E-state index in [-0.39, 0.29) is 18.2 Å². The van der Waals surface area contributed by atoms with Gasteiger partial charge in [-0.25, -0.2) is 4.99 Å². The highest BCUT2D eigenvalue weighted by atomic mass is 16.6. The van der Waals surface area contributed by atoms with E-state index in [1.807, 2.05) is 54.6 Å². The highest BCUT2D eigenvalue weighted by molar-refractivity contribution is 5.94. The topological polar surface area (TPSA) is 118 Å². The molecular formula is C26H27N3O5. The fraction of sp³-hybridized carbons (Fsp3) is 0.154. The molecule has 34 heavy (non-hydrogen) atoms. The van der Waals surface area contributed by atoms with Crippen molar-refractivity contribution in [3.63, 3.8) is 0 Å². The standard InChI is InChI=1S/C26H27N3O5/c1-19(28-26(34-27)21-8-3-2-4-9-21)13-14-33-24-12-5-7-20(15-24)17-29(18-25(31)32)22-10-6-11-23(30)16-22/h2-12,15-16,30H,1,13-14,17-18,27H2,(H,31,32). The molecule has 0 bridgehead atoms. The Labute approximate surface area is 198 Å². The normalized spacial score (nSPS) is 11.0. The van der Waals surface area contributed by atoms with Crippen molar-refractivity contribution in [1.82, 2.24) is 0 Å². The largest absolute Gasteiger partial charge is 0.508 e. The van der Waals surface area contributed by atoms with Crippen molar-refractivity contribution in [1.29, 1.82) is 0 Å². The Morgan fingerprint density at radius 1 is 1.03 bits per heavy atom. The molecule has 4 N–H and O–H groups in total. The van der Waals surface area contributed by atoms with Crippen molar-refractivity contribution < 1.29 is 24.6 Å². The maximum atomic E-state index is 11.4. The zero-order chi connectivity index (χ0) is 24.3. The van der Waals surface area contributed by atoms with Crippen molar-refractivity contribution in [2.75, 3.05) is 18.1 Å². The first-order valence-electron chi connectivity index (χ1n) is 10.6. The van der Waals surface area contributed by atoms with Gasteiger partial charge in [-0.3, -0.25) is 4.79 Å². The number of phenolic OH excluding ortho intramolecular Hbond substituents is 1. The lowest BCUT2D eigenvalue weighted by Gasteiger charge is -2.23. The number of phenols is 1. The Morgan fingerprint density at radius 2 is 1.79 bits per heavy atom. The molecule has 0 heterocycles. The van der Waals surface area contributed by atoms with Crippen molar-refractivity contribution in [3.05, 3.63) is 102 Å². The second-order valence-corrected chi connectivity index (χ2v) is 7.48. The van der Waals surface area contributed by atoms with E-state index in [9.17, 15) is 15.0 Å². The molecule has 3 aromatic rings. The van der Waals surface area contributed by atoms with Crippen molar-refractivity contribution in [2.45, 2.75) is 13.0 Å². The predicted molar refractivity (Wildman–Crippen MR) is 131 cm³/mol. The second-order valence-electron chi connectivity index (χ2n) is 7.48. The van der Waals surface area contributed by atoms with Crippen molar-refractivity contribution in [3.8, 4) is 11.5 Å². The molecule has 8 heteroatoms. The summed E-state index contributed by atoms with van der Waals surface area (Å²) in [5.74, 6) is 5.37. The fourth-order valence-electron chi connectivity index (χ4n) is 3.27. The Bertz CT molecular complexity index is 1150. The Morgan fingerprint density at radius 3 is 2.50 bits per heavy atom. The van der Waals surface area contributed by atoms with Crippen LogP contribution in [0, 0.1) is 0 Å². The summed E-state index contributed by atoms with van der Waals surface area (Å²) in [5, 5.41) is 19.1. The SMILES string of the molecule is C=C(CCOc1cccc(CN(CC(=O)O)c2cccc(O)c2)c1)N=C(ON)c1ccccc1. The summed E-state index contributed by atoms with van der Waals surface area (Å²) in [7, 11) is 0. The van der Waals surface area contributed by atoms with Crippen molar-refractivity contribution >= 4 is 17.6 Å². The molecule has 3 rings (SSSR count). The Hall–Kier alpha value is -4.30. The first kappa shape index (κ1) is 24.3. The van der Waals surface area contributed by atoms with Crippen molar-refractivity contribution in [2.24, 2.45) is 10.9 Å². The molecule has 176 valence electrons. The quantitative estimate of drug-likeness (QED) is 0.223. The van der Waals surface area contributed by atoms with Gasteiger partial charge in [-0.15, -0.1) is 0 Å². The minimum atomic E-state index is -0.967. The second kappa shape index (κ2) is 12.1. The van der Waals surface area contributed by atoms with Crippen LogP contribution in [0.5, 0.6) is 11.5 Å². The van der Waals surface area contributed by atoms with Crippen LogP contribution >= 0.6 is 0 Å². The van der Waals surface area contributed by atoms with Gasteiger partial charge in [0.2, 0.25) is 5.90 Å². The minimum Gasteiger partial charge on any atom is -0.508 e. The molecule has 0 aliphatic carbocycles. The average Bonchev–Trinajstić information content (AvgIpc) is 2.83. The van der Waals surface area contributed by atoms with E-state index in [0.717, 1.165) is 11.1 Å². The van der Waals surface area contributed by atoms with Crippen LogP contribution in [-0.2, 0) is 16.2 Å². The van der Waals surface area contributed by atoms with Crippen LogP contribution in [0.2, 0.25) is 0 Å². The number of hydrogen-bond acceptors (Lipinski definition) is 7. The van der Waals surface area contributed by atoms with Crippen LogP contribution in [0.4, 0.5) is 5.69 Å². The molecule has 8 nitrogen and oxygen atoms in total. The fourth-order valence-corrected chi connectivity index (χ4v) is 3.27. The van der Waals surface area contributed by atoms with Gasteiger partial charge < -0.3 is 24.7 Å². The third-order valence-corrected chi connectivity index (χ3v) is 4.84. The smallest absolute Gasteiger partial charge is 0.323 e. The number of anilines is 1. The molecule has 0 amide bonds. The summed E-state index contributed by atoms with van der Waals surface area (Å²) in [6.07, 6.45) is 0.457. The zero-order valence-corrected chi connectivity index (χ0v) is 18.6. The number of ether oxygens (including phenoxy) is 1. The van der Waals surface area contributed by atoms with Gasteiger partial charge in [0.05, 0.1) is 6.61 Å². The minimum absolute atomic E-state index is 0.0725. The van der Waals surface area contributed by atoms with E-state index in [0.29, 0.717) is 36.7 Å². The number of carboxylic acids is 1. The number of carbonyl (C=O) groups is 1. The molecule has 0 radical (unpaired) electrons. The number of carboxylic acid groups (broad SMARTS) is 1. The van der Waals surface area contributed by atoms with Crippen LogP contribution in [0.3, 0.4) is 0 Å². The predicted octanol–water partition coefficient (Wildman–Crippen LogP) is 4.10. The summed E-state index contributed by atoms with van der Waals surface area (Å²) in [5.41, 5.74) is 2.77. The number of nitrogens with two attached hydrogens (primary N) is 1. The van der Waals surface area contributed by atoms with Gasteiger partial charge in [-0.2, -0.15) is 5.90 Å². The van der Waals surface area contributed by atoms with E-state index >= 15 is 0 Å². The third kappa shape index (κ3) is 7.39.